The Kier molecular flexibility index (Phi) is 6.72. The number of rotatable bonds is 4. The molecule has 2 aliphatic rings. The highest BCUT2D eigenvalue weighted by Gasteiger charge is 2.37. The van der Waals surface area contributed by atoms with Gasteiger partial charge in [0.1, 0.15) is 0 Å². The molecule has 0 N–H and O–H groups in total. The molecule has 0 saturated heterocycles. The zero-order chi connectivity index (χ0) is 36.0. The van der Waals surface area contributed by atoms with Crippen molar-refractivity contribution in [3.8, 4) is 39.5 Å². The molecule has 0 aliphatic heterocycles. The Hall–Kier alpha value is -6.58. The quantitative estimate of drug-likeness (QED) is 0.184. The van der Waals surface area contributed by atoms with E-state index in [-0.39, 0.29) is 11.3 Å². The van der Waals surface area contributed by atoms with Gasteiger partial charge in [0.25, 0.3) is 0 Å². The average Bonchev–Trinajstić information content (AvgIpc) is 3.70. The van der Waals surface area contributed by atoms with Crippen molar-refractivity contribution in [2.45, 2.75) is 31.6 Å². The number of aromatic nitrogens is 3. The van der Waals surface area contributed by atoms with Gasteiger partial charge in [-0.15, -0.1) is 0 Å². The van der Waals surface area contributed by atoms with Crippen LogP contribution in [0.5, 0.6) is 0 Å². The number of benzene rings is 7. The molecule has 9 aromatic rings. The highest BCUT2D eigenvalue weighted by molar-refractivity contribution is 6.12. The van der Waals surface area contributed by atoms with Crippen molar-refractivity contribution in [2.24, 2.45) is 0 Å². The average molecular weight is 692 g/mol. The Balaban J connectivity index is 1.16. The minimum Gasteiger partial charge on any atom is -0.281 e. The maximum Gasteiger partial charge on any atom is 0.235 e. The summed E-state index contributed by atoms with van der Waals surface area (Å²) in [5.41, 5.74) is 15.8. The molecule has 2 heterocycles. The van der Waals surface area contributed by atoms with E-state index < -0.39 is 0 Å². The minimum absolute atomic E-state index is 0.0508. The van der Waals surface area contributed by atoms with Crippen LogP contribution >= 0.6 is 0 Å². The van der Waals surface area contributed by atoms with Gasteiger partial charge in [0.05, 0.1) is 16.7 Å². The van der Waals surface area contributed by atoms with Crippen molar-refractivity contribution in [3.63, 3.8) is 0 Å². The lowest BCUT2D eigenvalue weighted by Gasteiger charge is -2.24. The Morgan fingerprint density at radius 1 is 0.611 bits per heavy atom. The van der Waals surface area contributed by atoms with Crippen LogP contribution in [0.2, 0.25) is 0 Å². The van der Waals surface area contributed by atoms with Crippen LogP contribution in [0.15, 0.2) is 164 Å². The topological polar surface area (TPSA) is 30.7 Å². The van der Waals surface area contributed by atoms with Crippen LogP contribution in [0.4, 0.5) is 0 Å². The summed E-state index contributed by atoms with van der Waals surface area (Å²) in [5, 5.41) is 4.77. The predicted molar refractivity (Wildman–Crippen MR) is 224 cm³/mol. The zero-order valence-corrected chi connectivity index (χ0v) is 30.3. The maximum atomic E-state index is 5.45. The molecule has 256 valence electrons. The Morgan fingerprint density at radius 2 is 1.33 bits per heavy atom. The number of nitrogens with zero attached hydrogens (tertiary/aromatic N) is 3. The molecule has 3 heteroatoms. The molecule has 0 saturated carbocycles. The predicted octanol–water partition coefficient (Wildman–Crippen LogP) is 12.9. The fraction of sp³-hybridized carbons (Fsp3) is 0.0980. The van der Waals surface area contributed by atoms with E-state index in [9.17, 15) is 0 Å². The normalized spacial score (nSPS) is 15.4. The molecule has 2 aliphatic carbocycles. The molecule has 0 amide bonds. The summed E-state index contributed by atoms with van der Waals surface area (Å²) in [5.74, 6) is 0.789. The molecule has 0 bridgehead atoms. The lowest BCUT2D eigenvalue weighted by Crippen LogP contribution is -2.14. The van der Waals surface area contributed by atoms with Crippen LogP contribution in [-0.2, 0) is 5.41 Å². The first-order chi connectivity index (χ1) is 26.6. The molecular formula is C51H37N3. The first-order valence-electron chi connectivity index (χ1n) is 18.9. The highest BCUT2D eigenvalue weighted by atomic mass is 15.2. The summed E-state index contributed by atoms with van der Waals surface area (Å²) in [7, 11) is 0. The SMILES string of the molecule is CC1(C)c2ccccc2-c2c(-c3cccc(C4CC=Cc5c4n(-c4nc(-c6ccccc6)c6ccccc6n4)c4ccc6ccccc6c54)c3)cccc21. The van der Waals surface area contributed by atoms with Gasteiger partial charge in [-0.05, 0) is 68.3 Å². The summed E-state index contributed by atoms with van der Waals surface area (Å²) in [4.78, 5) is 10.8. The monoisotopic (exact) mass is 691 g/mol. The highest BCUT2D eigenvalue weighted by Crippen LogP contribution is 2.52. The van der Waals surface area contributed by atoms with Crippen molar-refractivity contribution in [1.29, 1.82) is 0 Å². The fourth-order valence-corrected chi connectivity index (χ4v) is 9.46. The fourth-order valence-electron chi connectivity index (χ4n) is 9.46. The van der Waals surface area contributed by atoms with E-state index in [1.54, 1.807) is 0 Å². The molecule has 54 heavy (non-hydrogen) atoms. The molecule has 3 nitrogen and oxygen atoms in total. The summed E-state index contributed by atoms with van der Waals surface area (Å²) >= 11 is 0. The van der Waals surface area contributed by atoms with Crippen molar-refractivity contribution >= 4 is 38.7 Å². The van der Waals surface area contributed by atoms with Gasteiger partial charge in [-0.1, -0.05) is 172 Å². The third kappa shape index (κ3) is 4.48. The Labute approximate surface area is 314 Å². The van der Waals surface area contributed by atoms with Crippen LogP contribution in [-0.4, -0.2) is 14.5 Å². The number of hydrogen-bond acceptors (Lipinski definition) is 2. The number of allylic oxidation sites excluding steroid dienone is 1. The summed E-state index contributed by atoms with van der Waals surface area (Å²) in [6.07, 6.45) is 5.58. The van der Waals surface area contributed by atoms with Gasteiger partial charge in [0, 0.05) is 38.9 Å². The standard InChI is InChI=1S/C51H37N3/c1-51(2)42-26-10-8-21-39(42)46-37(23-14-27-43(46)51)34-18-12-19-35(31-34)38-24-13-25-41-47-36-20-7-6-15-32(36)29-30-45(47)54(49(38)41)50-52-44-28-11-9-22-40(44)48(53-50)33-16-4-3-5-17-33/h3-23,25-31,38H,24H2,1-2H3. The number of hydrogen-bond donors (Lipinski definition) is 0. The zero-order valence-electron chi connectivity index (χ0n) is 30.3. The van der Waals surface area contributed by atoms with Crippen LogP contribution in [0.3, 0.4) is 0 Å². The smallest absolute Gasteiger partial charge is 0.235 e. The van der Waals surface area contributed by atoms with E-state index in [0.29, 0.717) is 5.95 Å². The lowest BCUT2D eigenvalue weighted by molar-refractivity contribution is 0.660. The summed E-state index contributed by atoms with van der Waals surface area (Å²) in [6.45, 7) is 4.71. The van der Waals surface area contributed by atoms with Crippen LogP contribution < -0.4 is 0 Å². The molecule has 7 aromatic carbocycles. The van der Waals surface area contributed by atoms with E-state index in [2.05, 4.69) is 188 Å². The van der Waals surface area contributed by atoms with Crippen molar-refractivity contribution in [1.82, 2.24) is 14.5 Å². The number of fused-ring (bicyclic) bond motifs is 9. The third-order valence-electron chi connectivity index (χ3n) is 12.0. The molecular weight excluding hydrogens is 655 g/mol. The molecule has 11 rings (SSSR count). The molecule has 1 unspecified atom stereocenters. The first kappa shape index (κ1) is 31.0. The molecule has 2 aromatic heterocycles. The van der Waals surface area contributed by atoms with E-state index in [1.807, 2.05) is 0 Å². The second-order valence-corrected chi connectivity index (χ2v) is 15.3. The van der Waals surface area contributed by atoms with Gasteiger partial charge in [-0.3, -0.25) is 4.57 Å². The first-order valence-corrected chi connectivity index (χ1v) is 18.9. The van der Waals surface area contributed by atoms with Crippen molar-refractivity contribution in [2.75, 3.05) is 0 Å². The largest absolute Gasteiger partial charge is 0.281 e. The molecule has 0 spiro atoms. The lowest BCUT2D eigenvalue weighted by atomic mass is 9.81. The van der Waals surface area contributed by atoms with Gasteiger partial charge in [0.2, 0.25) is 5.95 Å². The third-order valence-corrected chi connectivity index (χ3v) is 12.0. The second kappa shape index (κ2) is 11.7. The van der Waals surface area contributed by atoms with E-state index in [0.717, 1.165) is 34.1 Å². The summed E-state index contributed by atoms with van der Waals surface area (Å²) in [6, 6.07) is 57.2. The maximum absolute atomic E-state index is 5.45. The van der Waals surface area contributed by atoms with E-state index in [1.165, 1.54) is 66.4 Å². The molecule has 1 atom stereocenters. The van der Waals surface area contributed by atoms with E-state index in [4.69, 9.17) is 9.97 Å². The van der Waals surface area contributed by atoms with Crippen LogP contribution in [0.25, 0.3) is 78.1 Å². The second-order valence-electron chi connectivity index (χ2n) is 15.3. The van der Waals surface area contributed by atoms with Crippen LogP contribution in [0, 0.1) is 0 Å². The molecule has 0 radical (unpaired) electrons. The summed E-state index contributed by atoms with van der Waals surface area (Å²) < 4.78 is 2.37. The van der Waals surface area contributed by atoms with E-state index >= 15 is 0 Å². The van der Waals surface area contributed by atoms with Gasteiger partial charge < -0.3 is 0 Å². The van der Waals surface area contributed by atoms with Crippen molar-refractivity contribution < 1.29 is 0 Å². The van der Waals surface area contributed by atoms with Crippen molar-refractivity contribution in [3.05, 3.63) is 192 Å². The van der Waals surface area contributed by atoms with Gasteiger partial charge in [-0.2, -0.15) is 0 Å². The van der Waals surface area contributed by atoms with Gasteiger partial charge in [-0.25, -0.2) is 9.97 Å². The number of para-hydroxylation sites is 1. The van der Waals surface area contributed by atoms with Gasteiger partial charge in [0.15, 0.2) is 0 Å². The van der Waals surface area contributed by atoms with Gasteiger partial charge >= 0.3 is 0 Å². The Bertz CT molecular complexity index is 3000. The minimum atomic E-state index is -0.0508. The van der Waals surface area contributed by atoms with Crippen LogP contribution in [0.1, 0.15) is 54.1 Å². The molecule has 0 fully saturated rings. The Morgan fingerprint density at radius 3 is 2.24 bits per heavy atom.